The molecular weight excluding hydrogens is 384 g/mol. The van der Waals surface area contributed by atoms with Gasteiger partial charge in [0, 0.05) is 6.54 Å². The summed E-state index contributed by atoms with van der Waals surface area (Å²) in [7, 11) is -2.43. The summed E-state index contributed by atoms with van der Waals surface area (Å²) >= 11 is 2.31. The lowest BCUT2D eigenvalue weighted by molar-refractivity contribution is -0.119. The highest BCUT2D eigenvalue weighted by Crippen LogP contribution is 2.30. The largest absolute Gasteiger partial charge is 0.465 e. The molecule has 1 N–H and O–H groups in total. The van der Waals surface area contributed by atoms with E-state index in [0.29, 0.717) is 24.4 Å². The Kier molecular flexibility index (Phi) is 5.23. The third kappa shape index (κ3) is 3.47. The van der Waals surface area contributed by atoms with Crippen molar-refractivity contribution in [3.8, 4) is 0 Å². The quantitative estimate of drug-likeness (QED) is 0.778. The highest BCUT2D eigenvalue weighted by molar-refractivity contribution is 7.91. The number of anilines is 1. The van der Waals surface area contributed by atoms with Gasteiger partial charge in [0.05, 0.1) is 12.7 Å². The molecule has 3 rings (SSSR count). The maximum atomic E-state index is 12.7. The van der Waals surface area contributed by atoms with Gasteiger partial charge in [-0.25, -0.2) is 13.2 Å². The van der Waals surface area contributed by atoms with E-state index in [1.165, 1.54) is 28.8 Å². The van der Waals surface area contributed by atoms with Gasteiger partial charge in [0.2, 0.25) is 5.91 Å². The highest BCUT2D eigenvalue weighted by atomic mass is 32.2. The summed E-state index contributed by atoms with van der Waals surface area (Å²) in [6.07, 6.45) is 1.05. The maximum Gasteiger partial charge on any atom is 0.340 e. The summed E-state index contributed by atoms with van der Waals surface area (Å²) in [4.78, 5) is 24.3. The Bertz CT molecular complexity index is 873. The van der Waals surface area contributed by atoms with Gasteiger partial charge in [0.15, 0.2) is 0 Å². The van der Waals surface area contributed by atoms with Crippen molar-refractivity contribution in [3.63, 3.8) is 0 Å². The molecular formula is C15H16N2O5S3. The van der Waals surface area contributed by atoms with Gasteiger partial charge in [-0.15, -0.1) is 22.7 Å². The van der Waals surface area contributed by atoms with Crippen LogP contribution in [0, 0.1) is 0 Å². The van der Waals surface area contributed by atoms with Crippen LogP contribution in [-0.4, -0.2) is 44.3 Å². The first-order chi connectivity index (χ1) is 11.9. The Morgan fingerprint density at radius 2 is 2.08 bits per heavy atom. The average molecular weight is 401 g/mol. The summed E-state index contributed by atoms with van der Waals surface area (Å²) < 4.78 is 31.6. The third-order valence-corrected chi connectivity index (χ3v) is 7.98. The average Bonchev–Trinajstić information content (AvgIpc) is 3.33. The minimum absolute atomic E-state index is 0.221. The minimum Gasteiger partial charge on any atom is -0.465 e. The molecule has 1 atom stereocenters. The van der Waals surface area contributed by atoms with Crippen molar-refractivity contribution in [2.24, 2.45) is 0 Å². The number of thiophene rings is 2. The van der Waals surface area contributed by atoms with E-state index in [0.717, 1.165) is 11.3 Å². The zero-order chi connectivity index (χ0) is 18.0. The number of sulfonamides is 1. The lowest BCUT2D eigenvalue weighted by Crippen LogP contribution is -2.42. The summed E-state index contributed by atoms with van der Waals surface area (Å²) in [5, 5.41) is 6.38. The summed E-state index contributed by atoms with van der Waals surface area (Å²) in [6, 6.07) is 3.96. The van der Waals surface area contributed by atoms with Crippen LogP contribution in [0.4, 0.5) is 5.00 Å². The molecule has 0 saturated carbocycles. The van der Waals surface area contributed by atoms with Gasteiger partial charge in [-0.2, -0.15) is 4.31 Å². The second kappa shape index (κ2) is 7.24. The van der Waals surface area contributed by atoms with Crippen LogP contribution >= 0.6 is 22.7 Å². The Balaban J connectivity index is 1.80. The molecule has 7 nitrogen and oxygen atoms in total. The molecule has 0 bridgehead atoms. The fourth-order valence-electron chi connectivity index (χ4n) is 2.69. The topological polar surface area (TPSA) is 92.8 Å². The Morgan fingerprint density at radius 1 is 1.28 bits per heavy atom. The summed E-state index contributed by atoms with van der Waals surface area (Å²) in [5.41, 5.74) is 0.256. The molecule has 0 aliphatic carbocycles. The Labute approximate surface area is 153 Å². The molecule has 1 unspecified atom stereocenters. The van der Waals surface area contributed by atoms with Gasteiger partial charge in [-0.3, -0.25) is 4.79 Å². The number of rotatable bonds is 5. The van der Waals surface area contributed by atoms with Gasteiger partial charge in [-0.1, -0.05) is 6.07 Å². The molecule has 1 amide bonds. The zero-order valence-corrected chi connectivity index (χ0v) is 15.7. The summed E-state index contributed by atoms with van der Waals surface area (Å²) in [6.45, 7) is 0.298. The number of nitrogens with one attached hydrogen (secondary N) is 1. The van der Waals surface area contributed by atoms with E-state index in [4.69, 9.17) is 0 Å². The number of carbonyl (C=O) groups excluding carboxylic acids is 2. The van der Waals surface area contributed by atoms with Crippen molar-refractivity contribution in [1.82, 2.24) is 4.31 Å². The van der Waals surface area contributed by atoms with E-state index in [-0.39, 0.29) is 9.77 Å². The second-order valence-corrected chi connectivity index (χ2v) is 9.33. The number of methoxy groups -OCH3 is 1. The number of hydrogen-bond donors (Lipinski definition) is 1. The highest BCUT2D eigenvalue weighted by Gasteiger charge is 2.40. The van der Waals surface area contributed by atoms with E-state index in [1.54, 1.807) is 22.9 Å². The number of ether oxygens (including phenoxy) is 1. The van der Waals surface area contributed by atoms with Crippen LogP contribution in [0.1, 0.15) is 23.2 Å². The fraction of sp³-hybridized carbons (Fsp3) is 0.333. The molecule has 134 valence electrons. The maximum absolute atomic E-state index is 12.7. The molecule has 0 spiro atoms. The molecule has 1 fully saturated rings. The fourth-order valence-corrected chi connectivity index (χ4v) is 6.24. The first kappa shape index (κ1) is 18.1. The van der Waals surface area contributed by atoms with Gasteiger partial charge < -0.3 is 10.1 Å². The lowest BCUT2D eigenvalue weighted by Gasteiger charge is -2.22. The van der Waals surface area contributed by atoms with Gasteiger partial charge in [0.1, 0.15) is 15.3 Å². The molecule has 25 heavy (non-hydrogen) atoms. The Morgan fingerprint density at radius 3 is 2.76 bits per heavy atom. The van der Waals surface area contributed by atoms with Crippen LogP contribution in [-0.2, 0) is 19.6 Å². The van der Waals surface area contributed by atoms with Gasteiger partial charge >= 0.3 is 5.97 Å². The smallest absolute Gasteiger partial charge is 0.340 e. The number of amides is 1. The molecule has 1 saturated heterocycles. The van der Waals surface area contributed by atoms with Crippen molar-refractivity contribution >= 4 is 49.6 Å². The summed E-state index contributed by atoms with van der Waals surface area (Å²) in [5.74, 6) is -0.990. The SMILES string of the molecule is COC(=O)c1ccsc1NC(=O)C1CCCN1S(=O)(=O)c1cccs1. The standard InChI is InChI=1S/C15H16N2O5S3/c1-22-15(19)10-6-9-24-14(10)16-13(18)11-4-2-7-17(11)25(20,21)12-5-3-8-23-12/h3,5-6,8-9,11H,2,4,7H2,1H3,(H,16,18). The van der Waals surface area contributed by atoms with E-state index < -0.39 is 27.9 Å². The van der Waals surface area contributed by atoms with E-state index in [9.17, 15) is 18.0 Å². The van der Waals surface area contributed by atoms with Crippen LogP contribution in [0.3, 0.4) is 0 Å². The zero-order valence-electron chi connectivity index (χ0n) is 13.3. The van der Waals surface area contributed by atoms with Crippen molar-refractivity contribution in [2.75, 3.05) is 19.0 Å². The first-order valence-electron chi connectivity index (χ1n) is 7.47. The lowest BCUT2D eigenvalue weighted by atomic mass is 10.2. The monoisotopic (exact) mass is 400 g/mol. The van der Waals surface area contributed by atoms with Crippen molar-refractivity contribution < 1.29 is 22.7 Å². The predicted octanol–water partition coefficient (Wildman–Crippen LogP) is 2.39. The predicted molar refractivity (Wildman–Crippen MR) is 95.5 cm³/mol. The molecule has 1 aliphatic heterocycles. The number of nitrogens with zero attached hydrogens (tertiary/aromatic N) is 1. The molecule has 10 heteroatoms. The first-order valence-corrected chi connectivity index (χ1v) is 10.7. The second-order valence-electron chi connectivity index (χ2n) is 5.35. The van der Waals surface area contributed by atoms with E-state index >= 15 is 0 Å². The van der Waals surface area contributed by atoms with Crippen molar-refractivity contribution in [1.29, 1.82) is 0 Å². The van der Waals surface area contributed by atoms with Gasteiger partial charge in [-0.05, 0) is 35.7 Å². The molecule has 1 aliphatic rings. The van der Waals surface area contributed by atoms with E-state index in [2.05, 4.69) is 10.1 Å². The van der Waals surface area contributed by atoms with E-state index in [1.807, 2.05) is 0 Å². The van der Waals surface area contributed by atoms with Crippen molar-refractivity contribution in [2.45, 2.75) is 23.1 Å². The van der Waals surface area contributed by atoms with Gasteiger partial charge in [0.25, 0.3) is 10.0 Å². The molecule has 3 heterocycles. The number of esters is 1. The molecule has 2 aromatic heterocycles. The van der Waals surface area contributed by atoms with Crippen LogP contribution in [0.25, 0.3) is 0 Å². The van der Waals surface area contributed by atoms with Crippen LogP contribution < -0.4 is 5.32 Å². The normalized spacial score (nSPS) is 18.2. The van der Waals surface area contributed by atoms with Crippen LogP contribution in [0.5, 0.6) is 0 Å². The van der Waals surface area contributed by atoms with Crippen LogP contribution in [0.2, 0.25) is 0 Å². The third-order valence-electron chi connectivity index (χ3n) is 3.87. The number of hydrogen-bond acceptors (Lipinski definition) is 7. The molecule has 0 radical (unpaired) electrons. The van der Waals surface area contributed by atoms with Crippen molar-refractivity contribution in [3.05, 3.63) is 34.5 Å². The van der Waals surface area contributed by atoms with Crippen LogP contribution in [0.15, 0.2) is 33.2 Å². The minimum atomic E-state index is -3.70. The molecule has 2 aromatic rings. The molecule has 0 aromatic carbocycles. The Hall–Kier alpha value is -1.75. The number of carbonyl (C=O) groups is 2.